The maximum atomic E-state index is 12.9. The van der Waals surface area contributed by atoms with Crippen LogP contribution in [0.4, 0.5) is 0 Å². The summed E-state index contributed by atoms with van der Waals surface area (Å²) in [5, 5.41) is 19.4. The Hall–Kier alpha value is -3.46. The van der Waals surface area contributed by atoms with Crippen LogP contribution >= 0.6 is 0 Å². The fourth-order valence-electron chi connectivity index (χ4n) is 3.53. The van der Waals surface area contributed by atoms with Gasteiger partial charge in [0.05, 0.1) is 19.1 Å². The highest BCUT2D eigenvalue weighted by atomic mass is 16.6. The van der Waals surface area contributed by atoms with E-state index < -0.39 is 54.0 Å². The van der Waals surface area contributed by atoms with Gasteiger partial charge in [0.1, 0.15) is 17.7 Å². The lowest BCUT2D eigenvalue weighted by molar-refractivity contribution is -0.155. The van der Waals surface area contributed by atoms with Gasteiger partial charge in [0, 0.05) is 5.56 Å². The minimum Gasteiger partial charge on any atom is -0.460 e. The van der Waals surface area contributed by atoms with Crippen LogP contribution in [0, 0.1) is 5.92 Å². The van der Waals surface area contributed by atoms with Crippen molar-refractivity contribution in [2.75, 3.05) is 6.61 Å². The zero-order valence-corrected chi connectivity index (χ0v) is 21.8. The molecule has 0 heterocycles. The first kappa shape index (κ1) is 28.8. The third-order valence-electron chi connectivity index (χ3n) is 5.40. The fourth-order valence-corrected chi connectivity index (χ4v) is 3.53. The zero-order valence-electron chi connectivity index (χ0n) is 21.8. The quantitative estimate of drug-likeness (QED) is 0.371. The molecule has 36 heavy (non-hydrogen) atoms. The highest BCUT2D eigenvalue weighted by molar-refractivity contribution is 6.01. The van der Waals surface area contributed by atoms with E-state index in [0.717, 1.165) is 10.8 Å². The van der Waals surface area contributed by atoms with Crippen molar-refractivity contribution in [3.63, 3.8) is 0 Å². The molecular formula is C27H37N3O6. The first-order chi connectivity index (χ1) is 16.8. The van der Waals surface area contributed by atoms with Crippen molar-refractivity contribution < 1.29 is 29.0 Å². The van der Waals surface area contributed by atoms with Gasteiger partial charge in [-0.05, 0) is 56.5 Å². The second kappa shape index (κ2) is 12.5. The summed E-state index contributed by atoms with van der Waals surface area (Å²) >= 11 is 0. The molecule has 9 heteroatoms. The van der Waals surface area contributed by atoms with Crippen LogP contribution in [0.2, 0.25) is 0 Å². The van der Waals surface area contributed by atoms with Gasteiger partial charge in [-0.25, -0.2) is 0 Å². The first-order valence-electron chi connectivity index (χ1n) is 12.0. The number of rotatable bonds is 10. The summed E-state index contributed by atoms with van der Waals surface area (Å²) in [6.07, 6.45) is -0.212. The van der Waals surface area contributed by atoms with Crippen molar-refractivity contribution in [2.24, 2.45) is 5.92 Å². The first-order valence-corrected chi connectivity index (χ1v) is 12.0. The van der Waals surface area contributed by atoms with Crippen molar-refractivity contribution in [1.82, 2.24) is 16.0 Å². The average Bonchev–Trinajstić information content (AvgIpc) is 2.79. The summed E-state index contributed by atoms with van der Waals surface area (Å²) in [4.78, 5) is 50.4. The summed E-state index contributed by atoms with van der Waals surface area (Å²) in [6, 6.07) is 10.2. The third-order valence-corrected chi connectivity index (χ3v) is 5.40. The van der Waals surface area contributed by atoms with Crippen LogP contribution in [0.3, 0.4) is 0 Å². The lowest BCUT2D eigenvalue weighted by atomic mass is 10.0. The standard InChI is InChI=1S/C27H37N3O6/c1-16(2)23(30-25(34)20-12-11-18-9-7-8-10-19(18)13-20)26(35)28-17(3)24(33)29-21(15-31)14-22(32)36-27(4,5)6/h7-13,16-17,21,23,31H,14-15H2,1-6H3,(H,28,35)(H,29,33)(H,30,34)/t17-,21-,23-/m0/s1. The van der Waals surface area contributed by atoms with E-state index >= 15 is 0 Å². The van der Waals surface area contributed by atoms with Crippen LogP contribution < -0.4 is 16.0 Å². The lowest BCUT2D eigenvalue weighted by Crippen LogP contribution is -2.55. The number of esters is 1. The van der Waals surface area contributed by atoms with Crippen molar-refractivity contribution >= 4 is 34.5 Å². The number of amides is 3. The Labute approximate surface area is 212 Å². The molecule has 0 aliphatic rings. The molecule has 0 saturated carbocycles. The third kappa shape index (κ3) is 8.64. The van der Waals surface area contributed by atoms with E-state index in [4.69, 9.17) is 4.74 Å². The molecule has 0 bridgehead atoms. The molecule has 0 spiro atoms. The van der Waals surface area contributed by atoms with Crippen LogP contribution in [0.15, 0.2) is 42.5 Å². The van der Waals surface area contributed by atoms with E-state index in [-0.39, 0.29) is 12.3 Å². The number of aliphatic hydroxyl groups is 1. The number of fused-ring (bicyclic) bond motifs is 1. The number of aliphatic hydroxyl groups excluding tert-OH is 1. The van der Waals surface area contributed by atoms with E-state index in [1.807, 2.05) is 30.3 Å². The van der Waals surface area contributed by atoms with Gasteiger partial charge in [0.2, 0.25) is 11.8 Å². The Morgan fingerprint density at radius 2 is 1.53 bits per heavy atom. The van der Waals surface area contributed by atoms with E-state index in [2.05, 4.69) is 16.0 Å². The SMILES string of the molecule is CC(C)[C@H](NC(=O)c1ccc2ccccc2c1)C(=O)N[C@@H](C)C(=O)N[C@H](CO)CC(=O)OC(C)(C)C. The average molecular weight is 500 g/mol. The maximum Gasteiger partial charge on any atom is 0.308 e. The Kier molecular flexibility index (Phi) is 9.98. The van der Waals surface area contributed by atoms with Crippen molar-refractivity contribution in [3.8, 4) is 0 Å². The monoisotopic (exact) mass is 499 g/mol. The van der Waals surface area contributed by atoms with Gasteiger partial charge >= 0.3 is 5.97 Å². The van der Waals surface area contributed by atoms with Gasteiger partial charge in [-0.1, -0.05) is 44.2 Å². The molecule has 0 aromatic heterocycles. The van der Waals surface area contributed by atoms with Crippen molar-refractivity contribution in [3.05, 3.63) is 48.0 Å². The molecule has 0 saturated heterocycles. The summed E-state index contributed by atoms with van der Waals surface area (Å²) in [5.74, 6) is -2.30. The molecule has 196 valence electrons. The summed E-state index contributed by atoms with van der Waals surface area (Å²) < 4.78 is 5.22. The predicted octanol–water partition coefficient (Wildman–Crippen LogP) is 2.31. The Morgan fingerprint density at radius 3 is 2.11 bits per heavy atom. The summed E-state index contributed by atoms with van der Waals surface area (Å²) in [6.45, 7) is 9.76. The van der Waals surface area contributed by atoms with Gasteiger partial charge in [-0.2, -0.15) is 0 Å². The minimum atomic E-state index is -0.969. The molecule has 2 rings (SSSR count). The summed E-state index contributed by atoms with van der Waals surface area (Å²) in [7, 11) is 0. The maximum absolute atomic E-state index is 12.9. The van der Waals surface area contributed by atoms with Gasteiger partial charge in [0.25, 0.3) is 5.91 Å². The Bertz CT molecular complexity index is 1090. The highest BCUT2D eigenvalue weighted by Gasteiger charge is 2.29. The number of carbonyl (C=O) groups is 4. The molecular weight excluding hydrogens is 462 g/mol. The molecule has 4 N–H and O–H groups in total. The predicted molar refractivity (Wildman–Crippen MR) is 137 cm³/mol. The fraction of sp³-hybridized carbons (Fsp3) is 0.481. The number of benzene rings is 2. The second-order valence-electron chi connectivity index (χ2n) is 10.2. The Balaban J connectivity index is 1.99. The largest absolute Gasteiger partial charge is 0.460 e. The molecule has 9 nitrogen and oxygen atoms in total. The Morgan fingerprint density at radius 1 is 0.889 bits per heavy atom. The molecule has 2 aromatic carbocycles. The topological polar surface area (TPSA) is 134 Å². The lowest BCUT2D eigenvalue weighted by Gasteiger charge is -2.25. The minimum absolute atomic E-state index is 0.212. The molecule has 0 aliphatic carbocycles. The number of hydrogen-bond acceptors (Lipinski definition) is 6. The number of nitrogens with one attached hydrogen (secondary N) is 3. The number of carbonyl (C=O) groups excluding carboxylic acids is 4. The van der Waals surface area contributed by atoms with Gasteiger partial charge < -0.3 is 25.8 Å². The van der Waals surface area contributed by atoms with Gasteiger partial charge in [0.15, 0.2) is 0 Å². The number of hydrogen-bond donors (Lipinski definition) is 4. The molecule has 0 unspecified atom stereocenters. The van der Waals surface area contributed by atoms with Crippen molar-refractivity contribution in [2.45, 2.75) is 71.7 Å². The molecule has 0 radical (unpaired) electrons. The van der Waals surface area contributed by atoms with E-state index in [0.29, 0.717) is 5.56 Å². The molecule has 2 aromatic rings. The van der Waals surface area contributed by atoms with E-state index in [1.54, 1.807) is 46.8 Å². The van der Waals surface area contributed by atoms with Crippen LogP contribution in [0.1, 0.15) is 58.3 Å². The normalized spacial score (nSPS) is 14.0. The number of ether oxygens (including phenoxy) is 1. The van der Waals surface area contributed by atoms with Gasteiger partial charge in [-0.3, -0.25) is 19.2 Å². The van der Waals surface area contributed by atoms with Crippen molar-refractivity contribution in [1.29, 1.82) is 0 Å². The molecule has 0 fully saturated rings. The second-order valence-corrected chi connectivity index (χ2v) is 10.2. The smallest absolute Gasteiger partial charge is 0.308 e. The molecule has 3 atom stereocenters. The van der Waals surface area contributed by atoms with Crippen LogP contribution in [0.25, 0.3) is 10.8 Å². The highest BCUT2D eigenvalue weighted by Crippen LogP contribution is 2.16. The van der Waals surface area contributed by atoms with Gasteiger partial charge in [-0.15, -0.1) is 0 Å². The van der Waals surface area contributed by atoms with E-state index in [9.17, 15) is 24.3 Å². The molecule has 0 aliphatic heterocycles. The molecule has 3 amide bonds. The van der Waals surface area contributed by atoms with Crippen LogP contribution in [-0.4, -0.2) is 59.1 Å². The zero-order chi connectivity index (χ0) is 27.0. The summed E-state index contributed by atoms with van der Waals surface area (Å²) in [5.41, 5.74) is -0.267. The van der Waals surface area contributed by atoms with Crippen LogP contribution in [-0.2, 0) is 19.1 Å². The van der Waals surface area contributed by atoms with E-state index in [1.165, 1.54) is 6.92 Å². The van der Waals surface area contributed by atoms with Crippen LogP contribution in [0.5, 0.6) is 0 Å².